The zero-order valence-electron chi connectivity index (χ0n) is 13.2. The number of allylic oxidation sites excluding steroid dienone is 2. The van der Waals surface area contributed by atoms with E-state index < -0.39 is 17.8 Å². The van der Waals surface area contributed by atoms with Crippen LogP contribution in [0.2, 0.25) is 0 Å². The minimum Gasteiger partial charge on any atom is -0.481 e. The number of benzene rings is 1. The summed E-state index contributed by atoms with van der Waals surface area (Å²) in [6.45, 7) is 0.621. The van der Waals surface area contributed by atoms with Crippen LogP contribution in [-0.4, -0.2) is 23.5 Å². The van der Waals surface area contributed by atoms with Gasteiger partial charge in [-0.05, 0) is 43.1 Å². The van der Waals surface area contributed by atoms with E-state index in [1.54, 1.807) is 0 Å². The van der Waals surface area contributed by atoms with Gasteiger partial charge < -0.3 is 10.4 Å². The number of aliphatic carboxylic acids is 1. The highest BCUT2D eigenvalue weighted by Crippen LogP contribution is 2.48. The second kappa shape index (κ2) is 6.99. The zero-order chi connectivity index (χ0) is 16.2. The summed E-state index contributed by atoms with van der Waals surface area (Å²) in [4.78, 5) is 23.8. The van der Waals surface area contributed by atoms with E-state index in [2.05, 4.69) is 17.4 Å². The van der Waals surface area contributed by atoms with Crippen LogP contribution >= 0.6 is 0 Å². The molecular formula is C19H23NO3. The molecule has 1 amide bonds. The minimum absolute atomic E-state index is 0.0336. The predicted molar refractivity (Wildman–Crippen MR) is 87.7 cm³/mol. The molecule has 4 atom stereocenters. The first-order valence-electron chi connectivity index (χ1n) is 8.39. The van der Waals surface area contributed by atoms with Crippen molar-refractivity contribution in [1.29, 1.82) is 0 Å². The standard InChI is InChI=1S/C19H23NO3/c21-18(16-14-9-10-15(12-14)17(16)19(22)23)20-11-5-4-8-13-6-2-1-3-7-13/h1-3,6-7,9-10,14-17H,4-5,8,11-12H2,(H,20,21)(H,22,23)/t14-,15+,16+,17+/m1/s1. The van der Waals surface area contributed by atoms with E-state index in [1.165, 1.54) is 5.56 Å². The van der Waals surface area contributed by atoms with Crippen LogP contribution in [0.3, 0.4) is 0 Å². The van der Waals surface area contributed by atoms with Crippen LogP contribution in [0.15, 0.2) is 42.5 Å². The van der Waals surface area contributed by atoms with Crippen molar-refractivity contribution >= 4 is 11.9 Å². The Kier molecular flexibility index (Phi) is 4.79. The van der Waals surface area contributed by atoms with Gasteiger partial charge in [0.05, 0.1) is 11.8 Å². The fraction of sp³-hybridized carbons (Fsp3) is 0.474. The Hall–Kier alpha value is -2.10. The highest BCUT2D eigenvalue weighted by Gasteiger charge is 2.51. The fourth-order valence-electron chi connectivity index (χ4n) is 3.94. The summed E-state index contributed by atoms with van der Waals surface area (Å²) in [6.07, 6.45) is 7.73. The molecule has 2 N–H and O–H groups in total. The summed E-state index contributed by atoms with van der Waals surface area (Å²) >= 11 is 0. The van der Waals surface area contributed by atoms with Gasteiger partial charge in [-0.2, -0.15) is 0 Å². The SMILES string of the molecule is O=C(NCCCCc1ccccc1)[C@@H]1[C@@H](C(=O)O)[C@H]2C=C[C@@H]1C2. The van der Waals surface area contributed by atoms with Gasteiger partial charge in [-0.25, -0.2) is 0 Å². The van der Waals surface area contributed by atoms with Crippen molar-refractivity contribution in [2.75, 3.05) is 6.54 Å². The summed E-state index contributed by atoms with van der Waals surface area (Å²) in [5.41, 5.74) is 1.31. The van der Waals surface area contributed by atoms with Crippen molar-refractivity contribution in [3.8, 4) is 0 Å². The Morgan fingerprint density at radius 1 is 1.04 bits per heavy atom. The number of amides is 1. The van der Waals surface area contributed by atoms with Gasteiger partial charge in [-0.3, -0.25) is 9.59 Å². The second-order valence-electron chi connectivity index (χ2n) is 6.57. The highest BCUT2D eigenvalue weighted by atomic mass is 16.4. The third-order valence-electron chi connectivity index (χ3n) is 5.08. The number of hydrogen-bond donors (Lipinski definition) is 2. The normalized spacial score (nSPS) is 28.0. The van der Waals surface area contributed by atoms with Crippen LogP contribution in [0.1, 0.15) is 24.8 Å². The molecule has 0 aliphatic heterocycles. The largest absolute Gasteiger partial charge is 0.481 e. The minimum atomic E-state index is -0.842. The number of nitrogens with one attached hydrogen (secondary N) is 1. The van der Waals surface area contributed by atoms with Gasteiger partial charge in [0.15, 0.2) is 0 Å². The average Bonchev–Trinajstić information content (AvgIpc) is 3.16. The van der Waals surface area contributed by atoms with Gasteiger partial charge in [-0.15, -0.1) is 0 Å². The lowest BCUT2D eigenvalue weighted by molar-refractivity contribution is -0.147. The monoisotopic (exact) mass is 313 g/mol. The molecule has 0 heterocycles. The van der Waals surface area contributed by atoms with E-state index in [-0.39, 0.29) is 17.7 Å². The molecule has 1 aromatic rings. The first-order chi connectivity index (χ1) is 11.2. The smallest absolute Gasteiger partial charge is 0.307 e. The molecule has 122 valence electrons. The van der Waals surface area contributed by atoms with Gasteiger partial charge in [0.1, 0.15) is 0 Å². The molecular weight excluding hydrogens is 290 g/mol. The lowest BCUT2D eigenvalue weighted by Crippen LogP contribution is -2.40. The van der Waals surface area contributed by atoms with Crippen molar-refractivity contribution in [3.05, 3.63) is 48.0 Å². The van der Waals surface area contributed by atoms with Crippen LogP contribution in [0.4, 0.5) is 0 Å². The van der Waals surface area contributed by atoms with Crippen molar-refractivity contribution in [1.82, 2.24) is 5.32 Å². The fourth-order valence-corrected chi connectivity index (χ4v) is 3.94. The van der Waals surface area contributed by atoms with E-state index in [0.29, 0.717) is 6.54 Å². The van der Waals surface area contributed by atoms with Crippen LogP contribution in [0.25, 0.3) is 0 Å². The maximum atomic E-state index is 12.4. The summed E-state index contributed by atoms with van der Waals surface area (Å²) in [5, 5.41) is 12.3. The zero-order valence-corrected chi connectivity index (χ0v) is 13.2. The van der Waals surface area contributed by atoms with Gasteiger partial charge >= 0.3 is 5.97 Å². The maximum Gasteiger partial charge on any atom is 0.307 e. The molecule has 23 heavy (non-hydrogen) atoms. The Labute approximate surface area is 136 Å². The first kappa shape index (κ1) is 15.8. The van der Waals surface area contributed by atoms with Crippen molar-refractivity contribution in [2.24, 2.45) is 23.7 Å². The third kappa shape index (κ3) is 3.46. The quantitative estimate of drug-likeness (QED) is 0.601. The van der Waals surface area contributed by atoms with Crippen LogP contribution in [0.5, 0.6) is 0 Å². The van der Waals surface area contributed by atoms with Crippen LogP contribution < -0.4 is 5.32 Å². The number of unbranched alkanes of at least 4 members (excludes halogenated alkanes) is 1. The van der Waals surface area contributed by atoms with E-state index in [4.69, 9.17) is 0 Å². The van der Waals surface area contributed by atoms with Gasteiger partial charge in [0, 0.05) is 6.54 Å². The molecule has 0 aromatic heterocycles. The Bertz CT molecular complexity index is 596. The molecule has 1 aromatic carbocycles. The molecule has 4 nitrogen and oxygen atoms in total. The molecule has 0 spiro atoms. The van der Waals surface area contributed by atoms with E-state index in [0.717, 1.165) is 25.7 Å². The van der Waals surface area contributed by atoms with Gasteiger partial charge in [-0.1, -0.05) is 42.5 Å². The predicted octanol–water partition coefficient (Wildman–Crippen LogP) is 2.65. The summed E-state index contributed by atoms with van der Waals surface area (Å²) < 4.78 is 0. The molecule has 3 rings (SSSR count). The van der Waals surface area contributed by atoms with E-state index in [9.17, 15) is 14.7 Å². The molecule has 1 fully saturated rings. The van der Waals surface area contributed by atoms with Crippen LogP contribution in [-0.2, 0) is 16.0 Å². The number of carboxylic acid groups (broad SMARTS) is 1. The van der Waals surface area contributed by atoms with Crippen molar-refractivity contribution in [3.63, 3.8) is 0 Å². The van der Waals surface area contributed by atoms with Gasteiger partial charge in [0.25, 0.3) is 0 Å². The highest BCUT2D eigenvalue weighted by molar-refractivity contribution is 5.86. The van der Waals surface area contributed by atoms with Gasteiger partial charge in [0.2, 0.25) is 5.91 Å². The molecule has 4 heteroatoms. The number of carboxylic acids is 1. The Morgan fingerprint density at radius 3 is 2.43 bits per heavy atom. The molecule has 0 unspecified atom stereocenters. The number of fused-ring (bicyclic) bond motifs is 2. The molecule has 0 saturated heterocycles. The average molecular weight is 313 g/mol. The van der Waals surface area contributed by atoms with Crippen molar-refractivity contribution in [2.45, 2.75) is 25.7 Å². The number of carbonyl (C=O) groups is 2. The molecule has 0 radical (unpaired) electrons. The second-order valence-corrected chi connectivity index (χ2v) is 6.57. The Morgan fingerprint density at radius 2 is 1.74 bits per heavy atom. The number of carbonyl (C=O) groups excluding carboxylic acids is 1. The summed E-state index contributed by atoms with van der Waals surface area (Å²) in [6, 6.07) is 10.3. The molecule has 2 aliphatic rings. The van der Waals surface area contributed by atoms with E-state index >= 15 is 0 Å². The lowest BCUT2D eigenvalue weighted by atomic mass is 9.82. The van der Waals surface area contributed by atoms with Crippen molar-refractivity contribution < 1.29 is 14.7 Å². The molecule has 2 aliphatic carbocycles. The topological polar surface area (TPSA) is 66.4 Å². The molecule has 1 saturated carbocycles. The first-order valence-corrected chi connectivity index (χ1v) is 8.39. The lowest BCUT2D eigenvalue weighted by Gasteiger charge is -2.23. The molecule has 2 bridgehead atoms. The summed E-state index contributed by atoms with van der Waals surface area (Å²) in [5.74, 6) is -1.73. The number of aryl methyl sites for hydroxylation is 1. The third-order valence-corrected chi connectivity index (χ3v) is 5.08. The van der Waals surface area contributed by atoms with E-state index in [1.807, 2.05) is 30.4 Å². The number of hydrogen-bond acceptors (Lipinski definition) is 2. The maximum absolute atomic E-state index is 12.4. The van der Waals surface area contributed by atoms with Crippen LogP contribution in [0, 0.1) is 23.7 Å². The summed E-state index contributed by atoms with van der Waals surface area (Å²) in [7, 11) is 0. The number of rotatable bonds is 7. The Balaban J connectivity index is 1.43.